The fraction of sp³-hybridized carbons (Fsp3) is 0.455. The molecule has 1 aliphatic rings. The van der Waals surface area contributed by atoms with E-state index < -0.39 is 23.3 Å². The fourth-order valence-electron chi connectivity index (χ4n) is 5.81. The van der Waals surface area contributed by atoms with Crippen LogP contribution in [0.4, 0.5) is 0 Å². The summed E-state index contributed by atoms with van der Waals surface area (Å²) < 4.78 is 5.32. The third-order valence-corrected chi connectivity index (χ3v) is 7.79. The number of aliphatic hydroxyl groups excluding tert-OH is 2. The molecule has 0 fully saturated rings. The second kappa shape index (κ2) is 15.5. The third kappa shape index (κ3) is 8.44. The molecule has 0 heterocycles. The number of allylic oxidation sites excluding steroid dienone is 2. The lowest BCUT2D eigenvalue weighted by Gasteiger charge is -2.45. The first-order chi connectivity index (χ1) is 20.1. The molecular formula is C33H45N3O6. The van der Waals surface area contributed by atoms with E-state index in [-0.39, 0.29) is 31.2 Å². The Hall–Kier alpha value is -3.66. The average Bonchev–Trinajstić information content (AvgIpc) is 2.98. The molecule has 0 aliphatic heterocycles. The second-order valence-corrected chi connectivity index (χ2v) is 11.0. The minimum absolute atomic E-state index is 0.0491. The average molecular weight is 580 g/mol. The summed E-state index contributed by atoms with van der Waals surface area (Å²) >= 11 is 0. The SMILES string of the molecule is CCCN(CCCO)C(=O)C1([C@H](Cc2ccc(O)cc2)[C@@H](O)CNCc2cccc(OC)c2)C=C(C)C=C(C(N)=O)C1. The van der Waals surface area contributed by atoms with E-state index in [1.807, 2.05) is 44.2 Å². The molecular weight excluding hydrogens is 534 g/mol. The lowest BCUT2D eigenvalue weighted by molar-refractivity contribution is -0.145. The van der Waals surface area contributed by atoms with Crippen LogP contribution in [-0.2, 0) is 22.6 Å². The zero-order valence-electron chi connectivity index (χ0n) is 24.9. The number of benzene rings is 2. The highest BCUT2D eigenvalue weighted by Crippen LogP contribution is 2.45. The minimum Gasteiger partial charge on any atom is -0.508 e. The molecule has 6 N–H and O–H groups in total. The number of nitrogens with zero attached hydrogens (tertiary/aromatic N) is 1. The molecule has 9 heteroatoms. The number of carbonyl (C=O) groups excluding carboxylic acids is 2. The number of phenolic OH excluding ortho intramolecular Hbond substituents is 1. The summed E-state index contributed by atoms with van der Waals surface area (Å²) in [6, 6.07) is 14.3. The van der Waals surface area contributed by atoms with E-state index in [1.165, 1.54) is 0 Å². The van der Waals surface area contributed by atoms with Crippen molar-refractivity contribution < 1.29 is 29.6 Å². The van der Waals surface area contributed by atoms with Gasteiger partial charge in [0.2, 0.25) is 11.8 Å². The van der Waals surface area contributed by atoms with Crippen LogP contribution < -0.4 is 15.8 Å². The van der Waals surface area contributed by atoms with Crippen molar-refractivity contribution in [2.75, 3.05) is 33.4 Å². The smallest absolute Gasteiger partial charge is 0.244 e. The molecule has 0 radical (unpaired) electrons. The van der Waals surface area contributed by atoms with Crippen molar-refractivity contribution in [3.8, 4) is 11.5 Å². The lowest BCUT2D eigenvalue weighted by Crippen LogP contribution is -2.54. The molecule has 0 spiro atoms. The van der Waals surface area contributed by atoms with Crippen LogP contribution in [-0.4, -0.2) is 71.5 Å². The van der Waals surface area contributed by atoms with Crippen LogP contribution in [0.3, 0.4) is 0 Å². The van der Waals surface area contributed by atoms with Crippen LogP contribution in [0.5, 0.6) is 11.5 Å². The van der Waals surface area contributed by atoms with Crippen molar-refractivity contribution in [2.24, 2.45) is 17.1 Å². The molecule has 0 saturated carbocycles. The summed E-state index contributed by atoms with van der Waals surface area (Å²) in [7, 11) is 1.61. The number of amides is 2. The van der Waals surface area contributed by atoms with Gasteiger partial charge in [-0.15, -0.1) is 0 Å². The quantitative estimate of drug-likeness (QED) is 0.206. The first-order valence-electron chi connectivity index (χ1n) is 14.5. The molecule has 42 heavy (non-hydrogen) atoms. The molecule has 1 unspecified atom stereocenters. The standard InChI is InChI=1S/C33H45N3O6/c1-4-13-36(14-6-15-37)32(41)33(19-23(2)16-26(20-33)31(34)40)29(18-24-9-11-27(38)12-10-24)30(39)22-35-21-25-7-5-8-28(17-25)42-3/h5,7-12,16-17,19,29-30,35,37-39H,4,6,13-15,18,20-22H2,1-3H3,(H2,34,40)/t29-,30+,33?/m1/s1. The van der Waals surface area contributed by atoms with E-state index in [2.05, 4.69) is 5.32 Å². The highest BCUT2D eigenvalue weighted by Gasteiger charge is 2.50. The van der Waals surface area contributed by atoms with Crippen LogP contribution in [0.1, 0.15) is 44.2 Å². The molecule has 3 atom stereocenters. The number of hydrogen-bond acceptors (Lipinski definition) is 7. The Morgan fingerprint density at radius 1 is 1.14 bits per heavy atom. The number of aliphatic hydroxyl groups is 2. The zero-order valence-corrected chi connectivity index (χ0v) is 24.9. The number of primary amides is 1. The summed E-state index contributed by atoms with van der Waals surface area (Å²) in [5.41, 5.74) is 7.35. The van der Waals surface area contributed by atoms with Crippen molar-refractivity contribution in [2.45, 2.75) is 52.2 Å². The topological polar surface area (TPSA) is 145 Å². The van der Waals surface area contributed by atoms with Gasteiger partial charge in [0.1, 0.15) is 11.5 Å². The normalized spacial score (nSPS) is 18.0. The summed E-state index contributed by atoms with van der Waals surface area (Å²) in [6.45, 7) is 5.22. The minimum atomic E-state index is -1.28. The van der Waals surface area contributed by atoms with Crippen LogP contribution in [0.25, 0.3) is 0 Å². The summed E-state index contributed by atoms with van der Waals surface area (Å²) in [4.78, 5) is 28.9. The summed E-state index contributed by atoms with van der Waals surface area (Å²) in [5, 5.41) is 34.6. The Balaban J connectivity index is 2.04. The predicted octanol–water partition coefficient (Wildman–Crippen LogP) is 3.08. The Bertz CT molecular complexity index is 1260. The second-order valence-electron chi connectivity index (χ2n) is 11.0. The molecule has 0 bridgehead atoms. The van der Waals surface area contributed by atoms with Crippen LogP contribution in [0.15, 0.2) is 71.8 Å². The van der Waals surface area contributed by atoms with Gasteiger partial charge in [-0.25, -0.2) is 0 Å². The molecule has 2 aromatic rings. The van der Waals surface area contributed by atoms with Gasteiger partial charge in [-0.1, -0.05) is 48.9 Å². The van der Waals surface area contributed by atoms with Gasteiger partial charge in [0, 0.05) is 44.3 Å². The van der Waals surface area contributed by atoms with Crippen molar-refractivity contribution in [1.29, 1.82) is 0 Å². The molecule has 1 aliphatic carbocycles. The van der Waals surface area contributed by atoms with E-state index in [4.69, 9.17) is 10.5 Å². The van der Waals surface area contributed by atoms with Gasteiger partial charge < -0.3 is 36.0 Å². The van der Waals surface area contributed by atoms with Crippen molar-refractivity contribution >= 4 is 11.8 Å². The van der Waals surface area contributed by atoms with Crippen LogP contribution >= 0.6 is 0 Å². The fourth-order valence-corrected chi connectivity index (χ4v) is 5.81. The number of hydrogen-bond donors (Lipinski definition) is 5. The van der Waals surface area contributed by atoms with Gasteiger partial charge >= 0.3 is 0 Å². The van der Waals surface area contributed by atoms with E-state index in [0.29, 0.717) is 50.0 Å². The predicted molar refractivity (Wildman–Crippen MR) is 163 cm³/mol. The molecule has 0 saturated heterocycles. The highest BCUT2D eigenvalue weighted by atomic mass is 16.5. The number of phenols is 1. The van der Waals surface area contributed by atoms with Gasteiger partial charge in [-0.05, 0) is 68.0 Å². The first-order valence-corrected chi connectivity index (χ1v) is 14.5. The molecule has 2 aromatic carbocycles. The number of methoxy groups -OCH3 is 1. The molecule has 9 nitrogen and oxygen atoms in total. The Morgan fingerprint density at radius 2 is 1.88 bits per heavy atom. The van der Waals surface area contributed by atoms with Gasteiger partial charge in [-0.3, -0.25) is 9.59 Å². The largest absolute Gasteiger partial charge is 0.508 e. The molecule has 0 aromatic heterocycles. The van der Waals surface area contributed by atoms with E-state index >= 15 is 0 Å². The number of ether oxygens (including phenoxy) is 1. The molecule has 228 valence electrons. The Kier molecular flexibility index (Phi) is 12.2. The van der Waals surface area contributed by atoms with Crippen LogP contribution in [0.2, 0.25) is 0 Å². The van der Waals surface area contributed by atoms with Crippen LogP contribution in [0, 0.1) is 11.3 Å². The monoisotopic (exact) mass is 579 g/mol. The Labute approximate surface area is 248 Å². The maximum atomic E-state index is 14.6. The van der Waals surface area contributed by atoms with Crippen molar-refractivity contribution in [1.82, 2.24) is 10.2 Å². The molecule has 2 amide bonds. The van der Waals surface area contributed by atoms with Gasteiger partial charge in [0.05, 0.1) is 18.6 Å². The van der Waals surface area contributed by atoms with Gasteiger partial charge in [0.15, 0.2) is 0 Å². The van der Waals surface area contributed by atoms with Gasteiger partial charge in [-0.2, -0.15) is 0 Å². The number of nitrogens with one attached hydrogen (secondary N) is 1. The number of nitrogens with two attached hydrogens (primary N) is 1. The zero-order chi connectivity index (χ0) is 30.7. The number of carbonyl (C=O) groups is 2. The van der Waals surface area contributed by atoms with E-state index in [0.717, 1.165) is 16.9 Å². The van der Waals surface area contributed by atoms with Crippen molar-refractivity contribution in [3.05, 3.63) is 83.0 Å². The number of aromatic hydroxyl groups is 1. The summed E-state index contributed by atoms with van der Waals surface area (Å²) in [6.07, 6.45) is 4.07. The maximum absolute atomic E-state index is 14.6. The van der Waals surface area contributed by atoms with E-state index in [9.17, 15) is 24.9 Å². The van der Waals surface area contributed by atoms with Crippen molar-refractivity contribution in [3.63, 3.8) is 0 Å². The molecule has 3 rings (SSSR count). The first kappa shape index (κ1) is 32.8. The third-order valence-electron chi connectivity index (χ3n) is 7.79. The maximum Gasteiger partial charge on any atom is 0.244 e. The summed E-state index contributed by atoms with van der Waals surface area (Å²) in [5.74, 6) is -0.617. The Morgan fingerprint density at radius 3 is 2.52 bits per heavy atom. The van der Waals surface area contributed by atoms with Gasteiger partial charge in [0.25, 0.3) is 0 Å². The lowest BCUT2D eigenvalue weighted by atomic mass is 9.63. The number of rotatable bonds is 16. The highest BCUT2D eigenvalue weighted by molar-refractivity contribution is 5.96. The van der Waals surface area contributed by atoms with E-state index in [1.54, 1.807) is 42.4 Å².